The number of esters is 1. The molecule has 1 aliphatic rings. The third-order valence-corrected chi connectivity index (χ3v) is 8.32. The maximum atomic E-state index is 13.5. The van der Waals surface area contributed by atoms with Crippen LogP contribution in [0.25, 0.3) is 6.08 Å². The molecule has 0 N–H and O–H groups in total. The lowest BCUT2D eigenvalue weighted by Crippen LogP contribution is -2.39. The Morgan fingerprint density at radius 1 is 1.34 bits per heavy atom. The highest BCUT2D eigenvalue weighted by atomic mass is 79.9. The molecule has 0 saturated heterocycles. The molecule has 0 bridgehead atoms. The first-order valence-electron chi connectivity index (χ1n) is 9.62. The van der Waals surface area contributed by atoms with Crippen LogP contribution in [0.3, 0.4) is 0 Å². The number of benzene rings is 1. The van der Waals surface area contributed by atoms with Gasteiger partial charge in [0.15, 0.2) is 9.47 Å². The molecule has 0 saturated carbocycles. The molecule has 1 atom stereocenters. The Labute approximate surface area is 208 Å². The molecule has 32 heavy (non-hydrogen) atoms. The van der Waals surface area contributed by atoms with Gasteiger partial charge in [-0.15, -0.1) is 11.8 Å². The number of rotatable bonds is 5. The fourth-order valence-corrected chi connectivity index (χ4v) is 5.50. The van der Waals surface area contributed by atoms with Crippen LogP contribution in [0.2, 0.25) is 0 Å². The van der Waals surface area contributed by atoms with E-state index in [1.165, 1.54) is 11.3 Å². The van der Waals surface area contributed by atoms with Gasteiger partial charge in [0.1, 0.15) is 5.76 Å². The number of nitrogens with zero attached hydrogens (tertiary/aromatic N) is 2. The zero-order chi connectivity index (χ0) is 23.0. The molecule has 2 aromatic heterocycles. The Hall–Kier alpha value is -1.88. The number of ether oxygens (including phenoxy) is 1. The number of thiazole rings is 1. The van der Waals surface area contributed by atoms with Crippen molar-refractivity contribution in [1.29, 1.82) is 0 Å². The molecule has 3 heterocycles. The second kappa shape index (κ2) is 9.54. The molecule has 0 unspecified atom stereocenters. The molecular weight excluding hydrogens is 580 g/mol. The lowest BCUT2D eigenvalue weighted by molar-refractivity contribution is -0.139. The minimum absolute atomic E-state index is 0.237. The minimum atomic E-state index is -0.626. The largest absolute Gasteiger partial charge is 0.463 e. The quantitative estimate of drug-likeness (QED) is 0.316. The van der Waals surface area contributed by atoms with Crippen molar-refractivity contribution >= 4 is 67.0 Å². The van der Waals surface area contributed by atoms with E-state index in [0.29, 0.717) is 31.0 Å². The highest BCUT2D eigenvalue weighted by Gasteiger charge is 2.33. The Morgan fingerprint density at radius 3 is 2.66 bits per heavy atom. The summed E-state index contributed by atoms with van der Waals surface area (Å²) in [6.45, 7) is 3.76. The van der Waals surface area contributed by atoms with Crippen LogP contribution < -0.4 is 14.9 Å². The molecule has 0 radical (unpaired) electrons. The second-order valence-electron chi connectivity index (χ2n) is 6.85. The summed E-state index contributed by atoms with van der Waals surface area (Å²) in [5.74, 6) is 0.0529. The summed E-state index contributed by atoms with van der Waals surface area (Å²) in [6, 6.07) is 8.98. The van der Waals surface area contributed by atoms with E-state index in [1.807, 2.05) is 30.5 Å². The lowest BCUT2D eigenvalue weighted by atomic mass is 9.96. The molecule has 0 amide bonds. The Bertz CT molecular complexity index is 1380. The molecule has 166 valence electrons. The third-order valence-electron chi connectivity index (χ3n) is 4.89. The summed E-state index contributed by atoms with van der Waals surface area (Å²) in [4.78, 5) is 32.6. The van der Waals surface area contributed by atoms with Crippen LogP contribution in [-0.4, -0.2) is 23.4 Å². The van der Waals surface area contributed by atoms with E-state index in [4.69, 9.17) is 9.15 Å². The van der Waals surface area contributed by atoms with Gasteiger partial charge in [-0.05, 0) is 75.7 Å². The van der Waals surface area contributed by atoms with Crippen molar-refractivity contribution in [2.45, 2.75) is 24.8 Å². The first kappa shape index (κ1) is 23.3. The Morgan fingerprint density at radius 2 is 2.06 bits per heavy atom. The normalized spacial score (nSPS) is 16.2. The van der Waals surface area contributed by atoms with Crippen LogP contribution in [-0.2, 0) is 9.53 Å². The van der Waals surface area contributed by atoms with E-state index < -0.39 is 12.0 Å². The van der Waals surface area contributed by atoms with Gasteiger partial charge in [0.25, 0.3) is 5.56 Å². The number of halogens is 2. The van der Waals surface area contributed by atoms with Gasteiger partial charge in [0, 0.05) is 11.0 Å². The van der Waals surface area contributed by atoms with Gasteiger partial charge in [-0.1, -0.05) is 23.5 Å². The summed E-state index contributed by atoms with van der Waals surface area (Å²) in [5, 5.41) is 0. The first-order valence-corrected chi connectivity index (χ1v) is 13.2. The first-order chi connectivity index (χ1) is 15.3. The molecule has 6 nitrogen and oxygen atoms in total. The van der Waals surface area contributed by atoms with Crippen molar-refractivity contribution in [3.8, 4) is 0 Å². The van der Waals surface area contributed by atoms with Crippen LogP contribution in [0, 0.1) is 0 Å². The molecule has 3 aromatic rings. The van der Waals surface area contributed by atoms with E-state index in [2.05, 4.69) is 36.9 Å². The average Bonchev–Trinajstić information content (AvgIpc) is 3.25. The van der Waals surface area contributed by atoms with Gasteiger partial charge < -0.3 is 9.15 Å². The van der Waals surface area contributed by atoms with E-state index in [9.17, 15) is 9.59 Å². The maximum absolute atomic E-state index is 13.5. The number of hydrogen-bond acceptors (Lipinski definition) is 7. The fraction of sp³-hybridized carbons (Fsp3) is 0.227. The van der Waals surface area contributed by atoms with E-state index >= 15 is 0 Å². The average molecular weight is 598 g/mol. The smallest absolute Gasteiger partial charge is 0.338 e. The van der Waals surface area contributed by atoms with Crippen LogP contribution in [0.15, 0.2) is 69.8 Å². The zero-order valence-corrected chi connectivity index (χ0v) is 22.2. The molecular formula is C22H18Br2N2O4S2. The Balaban J connectivity index is 1.94. The topological polar surface area (TPSA) is 73.8 Å². The third kappa shape index (κ3) is 4.33. The van der Waals surface area contributed by atoms with Gasteiger partial charge in [-0.2, -0.15) is 0 Å². The number of furan rings is 1. The van der Waals surface area contributed by atoms with Crippen molar-refractivity contribution in [3.05, 3.63) is 81.8 Å². The van der Waals surface area contributed by atoms with Gasteiger partial charge in [-0.25, -0.2) is 9.79 Å². The summed E-state index contributed by atoms with van der Waals surface area (Å²) < 4.78 is 14.2. The molecule has 4 rings (SSSR count). The summed E-state index contributed by atoms with van der Waals surface area (Å²) in [7, 11) is 0. The summed E-state index contributed by atoms with van der Waals surface area (Å²) >= 11 is 9.58. The number of carbonyl (C=O) groups excluding carboxylic acids is 1. The molecule has 0 aliphatic carbocycles. The van der Waals surface area contributed by atoms with Crippen LogP contribution in [0.5, 0.6) is 0 Å². The number of hydrogen-bond donors (Lipinski definition) is 0. The van der Waals surface area contributed by atoms with Crippen molar-refractivity contribution in [2.75, 3.05) is 12.9 Å². The van der Waals surface area contributed by atoms with Crippen molar-refractivity contribution in [2.24, 2.45) is 4.99 Å². The highest BCUT2D eigenvalue weighted by molar-refractivity contribution is 9.13. The van der Waals surface area contributed by atoms with Gasteiger partial charge in [0.2, 0.25) is 0 Å². The molecule has 1 aliphatic heterocycles. The summed E-state index contributed by atoms with van der Waals surface area (Å²) in [5.41, 5.74) is 1.48. The van der Waals surface area contributed by atoms with Crippen molar-refractivity contribution in [1.82, 2.24) is 4.57 Å². The standard InChI is InChI=1S/C22H18Br2N2O4S2/c1-4-29-21(28)17-11(2)25-22-26(18(17)12-5-7-14(31-3)8-6-12)20(27)16(32-22)10-13-9-15(23)19(24)30-13/h5-10,18H,4H2,1-3H3/b16-10+/t18-/m1/s1. The lowest BCUT2D eigenvalue weighted by Gasteiger charge is -2.24. The number of thioether (sulfide) groups is 1. The van der Waals surface area contributed by atoms with Gasteiger partial charge in [0.05, 0.1) is 32.9 Å². The number of aromatic nitrogens is 1. The highest BCUT2D eigenvalue weighted by Crippen LogP contribution is 2.32. The number of allylic oxidation sites excluding steroid dienone is 1. The predicted octanol–water partition coefficient (Wildman–Crippen LogP) is 4.64. The summed E-state index contributed by atoms with van der Waals surface area (Å²) in [6.07, 6.45) is 3.67. The van der Waals surface area contributed by atoms with E-state index in [0.717, 1.165) is 14.9 Å². The SMILES string of the molecule is CCOC(=O)C1=C(C)N=c2s/c(=C/c3cc(Br)c(Br)o3)c(=O)n2[C@@H]1c1ccc(SC)cc1. The van der Waals surface area contributed by atoms with E-state index in [1.54, 1.807) is 42.3 Å². The molecule has 0 spiro atoms. The maximum Gasteiger partial charge on any atom is 0.338 e. The van der Waals surface area contributed by atoms with Gasteiger partial charge >= 0.3 is 5.97 Å². The van der Waals surface area contributed by atoms with Crippen molar-refractivity contribution in [3.63, 3.8) is 0 Å². The van der Waals surface area contributed by atoms with Gasteiger partial charge in [-0.3, -0.25) is 9.36 Å². The molecule has 0 fully saturated rings. The molecule has 10 heteroatoms. The molecule has 1 aromatic carbocycles. The Kier molecular flexibility index (Phi) is 6.94. The number of carbonyl (C=O) groups is 1. The van der Waals surface area contributed by atoms with Crippen LogP contribution in [0.1, 0.15) is 31.2 Å². The minimum Gasteiger partial charge on any atom is -0.463 e. The zero-order valence-electron chi connectivity index (χ0n) is 17.3. The number of fused-ring (bicyclic) bond motifs is 1. The van der Waals surface area contributed by atoms with Crippen molar-refractivity contribution < 1.29 is 13.9 Å². The monoisotopic (exact) mass is 596 g/mol. The predicted molar refractivity (Wildman–Crippen MR) is 133 cm³/mol. The van der Waals surface area contributed by atoms with E-state index in [-0.39, 0.29) is 12.2 Å². The van der Waals surface area contributed by atoms with Crippen LogP contribution in [0.4, 0.5) is 0 Å². The fourth-order valence-electron chi connectivity index (χ4n) is 3.46. The second-order valence-corrected chi connectivity index (χ2v) is 10.3. The van der Waals surface area contributed by atoms with Crippen LogP contribution >= 0.6 is 55.0 Å².